The van der Waals surface area contributed by atoms with Crippen LogP contribution in [0, 0.1) is 0 Å². The second-order valence-electron chi connectivity index (χ2n) is 5.74. The monoisotopic (exact) mass is 356 g/mol. The highest BCUT2D eigenvalue weighted by molar-refractivity contribution is 4.93. The lowest BCUT2D eigenvalue weighted by Gasteiger charge is -2.45. The third-order valence-corrected chi connectivity index (χ3v) is 4.19. The average Bonchev–Trinajstić information content (AvgIpc) is 2.58. The standard InChI is InChI=1S/C13H24O11/c1-21-12-10(20)11(7(17)5(3-15)22-12)24-13-9(19)8(18)6(16)4(2-14)23-13/h4-20H,2-3H2,1H3/t4-,5-,6-,7-,8+,9-,10-,11+,12-,13+/m1/s1. The van der Waals surface area contributed by atoms with Crippen LogP contribution in [-0.4, -0.2) is 117 Å². The summed E-state index contributed by atoms with van der Waals surface area (Å²) in [6.07, 6.45) is -14.4. The third kappa shape index (κ3) is 3.71. The van der Waals surface area contributed by atoms with Crippen LogP contribution >= 0.6 is 0 Å². The highest BCUT2D eigenvalue weighted by atomic mass is 16.7. The number of rotatable bonds is 5. The molecule has 0 aromatic carbocycles. The number of ether oxygens (including phenoxy) is 4. The molecule has 0 aromatic rings. The lowest BCUT2D eigenvalue weighted by atomic mass is 9.97. The molecule has 2 aliphatic rings. The van der Waals surface area contributed by atoms with Crippen LogP contribution in [0.1, 0.15) is 0 Å². The fourth-order valence-corrected chi connectivity index (χ4v) is 2.74. The van der Waals surface area contributed by atoms with Crippen molar-refractivity contribution in [2.45, 2.75) is 61.4 Å². The van der Waals surface area contributed by atoms with Crippen molar-refractivity contribution in [1.29, 1.82) is 0 Å². The summed E-state index contributed by atoms with van der Waals surface area (Å²) < 4.78 is 20.6. The summed E-state index contributed by atoms with van der Waals surface area (Å²) in [7, 11) is 1.24. The van der Waals surface area contributed by atoms with Gasteiger partial charge in [0.2, 0.25) is 0 Å². The smallest absolute Gasteiger partial charge is 0.187 e. The van der Waals surface area contributed by atoms with Gasteiger partial charge in [0, 0.05) is 7.11 Å². The summed E-state index contributed by atoms with van der Waals surface area (Å²) in [4.78, 5) is 0. The van der Waals surface area contributed by atoms with Crippen LogP contribution in [0.3, 0.4) is 0 Å². The predicted octanol–water partition coefficient (Wildman–Crippen LogP) is -4.74. The van der Waals surface area contributed by atoms with E-state index in [-0.39, 0.29) is 0 Å². The fourth-order valence-electron chi connectivity index (χ4n) is 2.74. The number of methoxy groups -OCH3 is 1. The van der Waals surface area contributed by atoms with Gasteiger partial charge in [0.1, 0.15) is 48.8 Å². The van der Waals surface area contributed by atoms with Gasteiger partial charge in [-0.2, -0.15) is 0 Å². The Morgan fingerprint density at radius 3 is 1.79 bits per heavy atom. The van der Waals surface area contributed by atoms with Crippen molar-refractivity contribution in [3.05, 3.63) is 0 Å². The van der Waals surface area contributed by atoms with Gasteiger partial charge in [-0.1, -0.05) is 0 Å². The summed E-state index contributed by atoms with van der Waals surface area (Å²) in [5.74, 6) is 0. The van der Waals surface area contributed by atoms with Crippen LogP contribution in [0.5, 0.6) is 0 Å². The van der Waals surface area contributed by atoms with Crippen molar-refractivity contribution in [3.63, 3.8) is 0 Å². The largest absolute Gasteiger partial charge is 0.394 e. The van der Waals surface area contributed by atoms with Gasteiger partial charge >= 0.3 is 0 Å². The van der Waals surface area contributed by atoms with E-state index in [0.29, 0.717) is 0 Å². The van der Waals surface area contributed by atoms with Gasteiger partial charge in [0.05, 0.1) is 13.2 Å². The zero-order valence-electron chi connectivity index (χ0n) is 13.0. The molecule has 0 unspecified atom stereocenters. The number of hydrogen-bond donors (Lipinski definition) is 7. The molecule has 11 nitrogen and oxygen atoms in total. The number of hydrogen-bond acceptors (Lipinski definition) is 11. The van der Waals surface area contributed by atoms with E-state index >= 15 is 0 Å². The molecule has 2 fully saturated rings. The maximum atomic E-state index is 10.2. The minimum atomic E-state index is -1.70. The Labute approximate surface area is 137 Å². The van der Waals surface area contributed by atoms with Crippen molar-refractivity contribution in [3.8, 4) is 0 Å². The summed E-state index contributed by atoms with van der Waals surface area (Å²) in [5.41, 5.74) is 0. The van der Waals surface area contributed by atoms with Crippen molar-refractivity contribution in [2.24, 2.45) is 0 Å². The molecule has 0 bridgehead atoms. The second-order valence-corrected chi connectivity index (χ2v) is 5.74. The molecule has 10 atom stereocenters. The average molecular weight is 356 g/mol. The van der Waals surface area contributed by atoms with Crippen molar-refractivity contribution < 1.29 is 54.7 Å². The molecule has 11 heteroatoms. The first-order chi connectivity index (χ1) is 11.3. The maximum Gasteiger partial charge on any atom is 0.187 e. The molecule has 0 amide bonds. The summed E-state index contributed by atoms with van der Waals surface area (Å²) in [5, 5.41) is 68.1. The first-order valence-corrected chi connectivity index (χ1v) is 7.46. The Morgan fingerprint density at radius 2 is 1.25 bits per heavy atom. The Morgan fingerprint density at radius 1 is 0.708 bits per heavy atom. The molecule has 2 saturated heterocycles. The van der Waals surface area contributed by atoms with Gasteiger partial charge in [-0.25, -0.2) is 0 Å². The molecule has 2 heterocycles. The van der Waals surface area contributed by atoms with Crippen LogP contribution in [0.2, 0.25) is 0 Å². The highest BCUT2D eigenvalue weighted by Gasteiger charge is 2.50. The molecule has 2 aliphatic heterocycles. The SMILES string of the molecule is CO[C@@H]1O[C@H](CO)[C@@H](O)[C@H](O[C@@H]2O[C@H](CO)[C@@H](O)[C@H](O)[C@H]2O)[C@H]1O. The zero-order valence-corrected chi connectivity index (χ0v) is 13.0. The van der Waals surface area contributed by atoms with E-state index in [0.717, 1.165) is 0 Å². The lowest BCUT2D eigenvalue weighted by Crippen LogP contribution is -2.64. The van der Waals surface area contributed by atoms with Crippen LogP contribution in [-0.2, 0) is 18.9 Å². The predicted molar refractivity (Wildman–Crippen MR) is 73.4 cm³/mol. The van der Waals surface area contributed by atoms with Crippen molar-refractivity contribution in [2.75, 3.05) is 20.3 Å². The molecule has 0 aliphatic carbocycles. The Kier molecular flexibility index (Phi) is 6.87. The molecule has 0 aromatic heterocycles. The Hall–Kier alpha value is -0.440. The van der Waals surface area contributed by atoms with E-state index in [9.17, 15) is 30.6 Å². The Balaban J connectivity index is 2.14. The van der Waals surface area contributed by atoms with Crippen molar-refractivity contribution in [1.82, 2.24) is 0 Å². The van der Waals surface area contributed by atoms with Crippen LogP contribution in [0.25, 0.3) is 0 Å². The second kappa shape index (κ2) is 8.29. The van der Waals surface area contributed by atoms with Gasteiger partial charge < -0.3 is 54.7 Å². The van der Waals surface area contributed by atoms with E-state index in [1.807, 2.05) is 0 Å². The van der Waals surface area contributed by atoms with Crippen molar-refractivity contribution >= 4 is 0 Å². The maximum absolute atomic E-state index is 10.2. The first kappa shape index (κ1) is 19.9. The third-order valence-electron chi connectivity index (χ3n) is 4.19. The topological polar surface area (TPSA) is 179 Å². The van der Waals surface area contributed by atoms with Gasteiger partial charge in [-0.05, 0) is 0 Å². The fraction of sp³-hybridized carbons (Fsp3) is 1.00. The minimum absolute atomic E-state index is 0.581. The zero-order chi connectivity index (χ0) is 18.0. The Bertz CT molecular complexity index is 378. The molecule has 7 N–H and O–H groups in total. The molecule has 0 spiro atoms. The number of aliphatic hydroxyl groups is 7. The normalized spacial score (nSPS) is 50.0. The van der Waals surface area contributed by atoms with Gasteiger partial charge in [-0.15, -0.1) is 0 Å². The molecule has 24 heavy (non-hydrogen) atoms. The summed E-state index contributed by atoms with van der Waals surface area (Å²) in [6, 6.07) is 0. The summed E-state index contributed by atoms with van der Waals surface area (Å²) >= 11 is 0. The number of aliphatic hydroxyl groups excluding tert-OH is 7. The van der Waals surface area contributed by atoms with Gasteiger partial charge in [-0.3, -0.25) is 0 Å². The molecule has 2 rings (SSSR count). The van der Waals surface area contributed by atoms with Crippen LogP contribution in [0.15, 0.2) is 0 Å². The van der Waals surface area contributed by atoms with E-state index in [1.165, 1.54) is 7.11 Å². The van der Waals surface area contributed by atoms with E-state index in [1.54, 1.807) is 0 Å². The molecule has 0 saturated carbocycles. The van der Waals surface area contributed by atoms with Crippen LogP contribution in [0.4, 0.5) is 0 Å². The highest BCUT2D eigenvalue weighted by Crippen LogP contribution is 2.29. The molecular formula is C13H24O11. The summed E-state index contributed by atoms with van der Waals surface area (Å²) in [6.45, 7) is -1.23. The van der Waals surface area contributed by atoms with E-state index in [4.69, 9.17) is 24.1 Å². The molecule has 142 valence electrons. The van der Waals surface area contributed by atoms with Gasteiger partial charge in [0.15, 0.2) is 12.6 Å². The minimum Gasteiger partial charge on any atom is -0.394 e. The molecule has 0 radical (unpaired) electrons. The van der Waals surface area contributed by atoms with Gasteiger partial charge in [0.25, 0.3) is 0 Å². The van der Waals surface area contributed by atoms with E-state index in [2.05, 4.69) is 0 Å². The quantitative estimate of drug-likeness (QED) is 0.251. The first-order valence-electron chi connectivity index (χ1n) is 7.46. The van der Waals surface area contributed by atoms with Crippen LogP contribution < -0.4 is 0 Å². The van der Waals surface area contributed by atoms with E-state index < -0.39 is 74.6 Å². The lowest BCUT2D eigenvalue weighted by molar-refractivity contribution is -0.358. The molecular weight excluding hydrogens is 332 g/mol.